The van der Waals surface area contributed by atoms with Crippen LogP contribution in [0.2, 0.25) is 0 Å². The maximum absolute atomic E-state index is 13.9. The number of carbonyl (C=O) groups excluding carboxylic acids is 1. The number of carbonyl (C=O) groups is 1. The Morgan fingerprint density at radius 2 is 1.43 bits per heavy atom. The van der Waals surface area contributed by atoms with Crippen LogP contribution in [0.5, 0.6) is 11.5 Å². The lowest BCUT2D eigenvalue weighted by Crippen LogP contribution is -2.10. The molecule has 0 atom stereocenters. The molecule has 8 heteroatoms. The third-order valence-corrected chi connectivity index (χ3v) is 5.78. The summed E-state index contributed by atoms with van der Waals surface area (Å²) in [6.45, 7) is 6.92. The molecule has 0 fully saturated rings. The minimum Gasteiger partial charge on any atom is -0.488 e. The number of hydrogen-bond donors (Lipinski definition) is 0. The summed E-state index contributed by atoms with van der Waals surface area (Å²) in [4.78, 5) is 12.8. The average molecular weight is 488 g/mol. The lowest BCUT2D eigenvalue weighted by atomic mass is 9.86. The van der Waals surface area contributed by atoms with Crippen molar-refractivity contribution >= 4 is 11.9 Å². The second kappa shape index (κ2) is 8.83. The van der Waals surface area contributed by atoms with E-state index in [1.165, 1.54) is 12.1 Å². The van der Waals surface area contributed by atoms with Gasteiger partial charge in [0.2, 0.25) is 11.6 Å². The van der Waals surface area contributed by atoms with Crippen LogP contribution < -0.4 is 9.47 Å². The second-order valence-electron chi connectivity index (χ2n) is 9.21. The molecule has 1 heterocycles. The molecule has 0 aliphatic carbocycles. The standard InChI is InChI=1S/C27H21F5O3/c1-13-18(34-12-17-20(28)22(30)24(32)23(31)21(17)29)10-9-16-25(33)19(35-26(13)16)11-14-5-7-15(8-6-14)27(2,3)4/h5-11H,12H2,1-4H3/b19-11-. The fourth-order valence-corrected chi connectivity index (χ4v) is 3.68. The number of Topliss-reactive ketones (excluding diaryl/α,β-unsaturated/α-hetero) is 1. The van der Waals surface area contributed by atoms with Gasteiger partial charge in [-0.15, -0.1) is 0 Å². The zero-order valence-electron chi connectivity index (χ0n) is 19.4. The monoisotopic (exact) mass is 488 g/mol. The molecule has 0 saturated heterocycles. The highest BCUT2D eigenvalue weighted by molar-refractivity contribution is 6.14. The summed E-state index contributed by atoms with van der Waals surface area (Å²) < 4.78 is 79.2. The summed E-state index contributed by atoms with van der Waals surface area (Å²) in [6, 6.07) is 10.5. The molecule has 182 valence electrons. The Balaban J connectivity index is 1.58. The first kappa shape index (κ1) is 24.4. The molecular formula is C27H21F5O3. The second-order valence-corrected chi connectivity index (χ2v) is 9.21. The maximum Gasteiger partial charge on any atom is 0.231 e. The van der Waals surface area contributed by atoms with E-state index in [1.54, 1.807) is 13.0 Å². The van der Waals surface area contributed by atoms with Crippen molar-refractivity contribution in [1.82, 2.24) is 0 Å². The molecule has 1 aliphatic heterocycles. The Morgan fingerprint density at radius 1 is 0.857 bits per heavy atom. The number of fused-ring (bicyclic) bond motifs is 1. The van der Waals surface area contributed by atoms with Gasteiger partial charge in [-0.1, -0.05) is 45.0 Å². The van der Waals surface area contributed by atoms with E-state index >= 15 is 0 Å². The van der Waals surface area contributed by atoms with Gasteiger partial charge in [-0.2, -0.15) is 0 Å². The number of hydrogen-bond acceptors (Lipinski definition) is 3. The van der Waals surface area contributed by atoms with Crippen LogP contribution in [-0.4, -0.2) is 5.78 Å². The topological polar surface area (TPSA) is 35.5 Å². The Bertz CT molecular complexity index is 1340. The van der Waals surface area contributed by atoms with Gasteiger partial charge in [-0.25, -0.2) is 22.0 Å². The predicted molar refractivity (Wildman–Crippen MR) is 120 cm³/mol. The molecule has 1 aliphatic rings. The van der Waals surface area contributed by atoms with Crippen molar-refractivity contribution < 1.29 is 36.2 Å². The first-order valence-electron chi connectivity index (χ1n) is 10.7. The average Bonchev–Trinajstić information content (AvgIpc) is 3.13. The van der Waals surface area contributed by atoms with Crippen LogP contribution in [0.15, 0.2) is 42.2 Å². The van der Waals surface area contributed by atoms with Crippen molar-refractivity contribution in [2.24, 2.45) is 0 Å². The highest BCUT2D eigenvalue weighted by Gasteiger charge is 2.31. The first-order valence-corrected chi connectivity index (χ1v) is 10.7. The van der Waals surface area contributed by atoms with Crippen LogP contribution in [0.1, 0.15) is 53.4 Å². The molecule has 0 amide bonds. The molecule has 0 unspecified atom stereocenters. The zero-order chi connectivity index (χ0) is 25.7. The van der Waals surface area contributed by atoms with Crippen LogP contribution in [0.25, 0.3) is 6.08 Å². The Hall–Kier alpha value is -3.68. The highest BCUT2D eigenvalue weighted by atomic mass is 19.2. The molecule has 4 rings (SSSR count). The van der Waals surface area contributed by atoms with Gasteiger partial charge in [0.1, 0.15) is 18.1 Å². The lowest BCUT2D eigenvalue weighted by Gasteiger charge is -2.18. The largest absolute Gasteiger partial charge is 0.488 e. The van der Waals surface area contributed by atoms with Crippen molar-refractivity contribution in [3.8, 4) is 11.5 Å². The van der Waals surface area contributed by atoms with Gasteiger partial charge in [-0.3, -0.25) is 4.79 Å². The smallest absolute Gasteiger partial charge is 0.231 e. The van der Waals surface area contributed by atoms with Crippen LogP contribution in [-0.2, 0) is 12.0 Å². The van der Waals surface area contributed by atoms with E-state index < -0.39 is 41.3 Å². The Morgan fingerprint density at radius 3 is 2.00 bits per heavy atom. The number of allylic oxidation sites excluding steroid dienone is 1. The fraction of sp³-hybridized carbons (Fsp3) is 0.222. The van der Waals surface area contributed by atoms with Gasteiger partial charge in [0.05, 0.1) is 11.1 Å². The molecule has 0 saturated carbocycles. The van der Waals surface area contributed by atoms with Crippen molar-refractivity contribution in [1.29, 1.82) is 0 Å². The normalized spacial score (nSPS) is 14.3. The number of ketones is 1. The van der Waals surface area contributed by atoms with Gasteiger partial charge in [0.15, 0.2) is 29.0 Å². The summed E-state index contributed by atoms with van der Waals surface area (Å²) in [5.74, 6) is -10.3. The van der Waals surface area contributed by atoms with Gasteiger partial charge in [-0.05, 0) is 41.7 Å². The quantitative estimate of drug-likeness (QED) is 0.169. The van der Waals surface area contributed by atoms with Crippen molar-refractivity contribution in [3.63, 3.8) is 0 Å². The third-order valence-electron chi connectivity index (χ3n) is 5.78. The highest BCUT2D eigenvalue weighted by Crippen LogP contribution is 2.40. The summed E-state index contributed by atoms with van der Waals surface area (Å²) in [6.07, 6.45) is 1.60. The Labute approximate surface area is 198 Å². The summed E-state index contributed by atoms with van der Waals surface area (Å²) >= 11 is 0. The summed E-state index contributed by atoms with van der Waals surface area (Å²) in [5.41, 5.74) is 1.38. The van der Waals surface area contributed by atoms with Gasteiger partial charge >= 0.3 is 0 Å². The maximum atomic E-state index is 13.9. The van der Waals surface area contributed by atoms with Gasteiger partial charge in [0.25, 0.3) is 0 Å². The van der Waals surface area contributed by atoms with E-state index in [0.717, 1.165) is 11.1 Å². The third kappa shape index (κ3) is 4.40. The fourth-order valence-electron chi connectivity index (χ4n) is 3.68. The lowest BCUT2D eigenvalue weighted by molar-refractivity contribution is 0.101. The number of rotatable bonds is 4. The molecule has 0 spiro atoms. The van der Waals surface area contributed by atoms with Crippen molar-refractivity contribution in [3.05, 3.63) is 99.1 Å². The van der Waals surface area contributed by atoms with Crippen LogP contribution in [0.4, 0.5) is 22.0 Å². The first-order chi connectivity index (χ1) is 16.4. The molecular weight excluding hydrogens is 467 g/mol. The molecule has 3 aromatic carbocycles. The number of ether oxygens (including phenoxy) is 2. The van der Waals surface area contributed by atoms with Crippen LogP contribution >= 0.6 is 0 Å². The van der Waals surface area contributed by atoms with Crippen LogP contribution in [0, 0.1) is 36.0 Å². The minimum absolute atomic E-state index is 0.0214. The molecule has 0 aromatic heterocycles. The van der Waals surface area contributed by atoms with E-state index in [9.17, 15) is 26.7 Å². The molecule has 3 nitrogen and oxygen atoms in total. The molecule has 0 N–H and O–H groups in total. The van der Waals surface area contributed by atoms with Crippen LogP contribution in [0.3, 0.4) is 0 Å². The molecule has 3 aromatic rings. The zero-order valence-corrected chi connectivity index (χ0v) is 19.4. The number of halogens is 5. The molecule has 0 bridgehead atoms. The van der Waals surface area contributed by atoms with Crippen molar-refractivity contribution in [2.45, 2.75) is 39.7 Å². The van der Waals surface area contributed by atoms with E-state index in [2.05, 4.69) is 20.8 Å². The Kier molecular flexibility index (Phi) is 6.17. The van der Waals surface area contributed by atoms with E-state index in [0.29, 0.717) is 5.56 Å². The van der Waals surface area contributed by atoms with Gasteiger partial charge in [0, 0.05) is 5.56 Å². The summed E-state index contributed by atoms with van der Waals surface area (Å²) in [5, 5.41) is 0. The van der Waals surface area contributed by atoms with Gasteiger partial charge < -0.3 is 9.47 Å². The molecule has 0 radical (unpaired) electrons. The minimum atomic E-state index is -2.24. The predicted octanol–water partition coefficient (Wildman–Crippen LogP) is 7.18. The molecule has 35 heavy (non-hydrogen) atoms. The number of benzene rings is 3. The SMILES string of the molecule is Cc1c(OCc2c(F)c(F)c(F)c(F)c2F)ccc2c1O/C(=C\c1ccc(C(C)(C)C)cc1)C2=O. The van der Waals surface area contributed by atoms with E-state index in [4.69, 9.17) is 9.47 Å². The van der Waals surface area contributed by atoms with Crippen molar-refractivity contribution in [2.75, 3.05) is 0 Å². The van der Waals surface area contributed by atoms with E-state index in [-0.39, 0.29) is 34.0 Å². The summed E-state index contributed by atoms with van der Waals surface area (Å²) in [7, 11) is 0. The van der Waals surface area contributed by atoms with E-state index in [1.807, 2.05) is 24.3 Å².